The second kappa shape index (κ2) is 4.58. The average Bonchev–Trinajstić information content (AvgIpc) is 2.93. The van der Waals surface area contributed by atoms with Crippen LogP contribution in [-0.4, -0.2) is 32.8 Å². The van der Waals surface area contributed by atoms with Crippen molar-refractivity contribution in [2.45, 2.75) is 19.3 Å². The lowest BCUT2D eigenvalue weighted by atomic mass is 10.1. The van der Waals surface area contributed by atoms with Crippen LogP contribution in [0.15, 0.2) is 0 Å². The molecule has 1 rings (SSSR count). The Kier molecular flexibility index (Phi) is 3.69. The van der Waals surface area contributed by atoms with Gasteiger partial charge in [0.2, 0.25) is 0 Å². The van der Waals surface area contributed by atoms with E-state index < -0.39 is 0 Å². The van der Waals surface area contributed by atoms with E-state index >= 15 is 0 Å². The zero-order valence-corrected chi connectivity index (χ0v) is 8.04. The van der Waals surface area contributed by atoms with Crippen LogP contribution in [0.25, 0.3) is 0 Å². The Hall–Kier alpha value is -0.610. The maximum absolute atomic E-state index is 11.4. The molecule has 0 bridgehead atoms. The molecule has 0 heterocycles. The van der Waals surface area contributed by atoms with Gasteiger partial charge >= 0.3 is 5.97 Å². The Labute approximate surface area is 78.4 Å². The van der Waals surface area contributed by atoms with E-state index in [0.717, 1.165) is 19.3 Å². The van der Waals surface area contributed by atoms with Crippen LogP contribution in [0.1, 0.15) is 19.3 Å². The van der Waals surface area contributed by atoms with Gasteiger partial charge in [-0.3, -0.25) is 4.79 Å². The molecule has 0 spiro atoms. The highest BCUT2D eigenvalue weighted by molar-refractivity contribution is 5.80. The summed E-state index contributed by atoms with van der Waals surface area (Å²) in [5.41, 5.74) is 5.15. The first-order valence-electron chi connectivity index (χ1n) is 4.61. The van der Waals surface area contributed by atoms with Crippen molar-refractivity contribution >= 4 is 5.97 Å². The minimum absolute atomic E-state index is 0.133. The summed E-state index contributed by atoms with van der Waals surface area (Å²) in [4.78, 5) is 11.4. The van der Waals surface area contributed by atoms with Crippen molar-refractivity contribution in [3.05, 3.63) is 0 Å². The molecule has 0 aliphatic heterocycles. The Morgan fingerprint density at radius 3 is 2.62 bits per heavy atom. The van der Waals surface area contributed by atoms with Crippen molar-refractivity contribution in [2.75, 3.05) is 26.9 Å². The summed E-state index contributed by atoms with van der Waals surface area (Å²) in [5.74, 6) is -0.133. The van der Waals surface area contributed by atoms with Gasteiger partial charge in [-0.1, -0.05) is 0 Å². The van der Waals surface area contributed by atoms with E-state index in [4.69, 9.17) is 15.2 Å². The number of hydrogen-bond acceptors (Lipinski definition) is 4. The summed E-state index contributed by atoms with van der Waals surface area (Å²) in [6.45, 7) is 1.48. The summed E-state index contributed by atoms with van der Waals surface area (Å²) in [6, 6.07) is 0. The first-order valence-corrected chi connectivity index (χ1v) is 4.61. The number of rotatable bonds is 6. The highest BCUT2D eigenvalue weighted by atomic mass is 16.5. The molecule has 4 heteroatoms. The number of esters is 1. The van der Waals surface area contributed by atoms with Crippen molar-refractivity contribution in [2.24, 2.45) is 11.1 Å². The maximum atomic E-state index is 11.4. The highest BCUT2D eigenvalue weighted by Gasteiger charge is 2.50. The minimum Gasteiger partial charge on any atom is -0.465 e. The fourth-order valence-corrected chi connectivity index (χ4v) is 1.16. The molecule has 0 aromatic rings. The fourth-order valence-electron chi connectivity index (χ4n) is 1.16. The van der Waals surface area contributed by atoms with Crippen LogP contribution >= 0.6 is 0 Å². The zero-order chi connectivity index (χ0) is 9.73. The lowest BCUT2D eigenvalue weighted by Crippen LogP contribution is -2.27. The van der Waals surface area contributed by atoms with Gasteiger partial charge < -0.3 is 15.2 Å². The smallest absolute Gasteiger partial charge is 0.313 e. The normalized spacial score (nSPS) is 18.3. The van der Waals surface area contributed by atoms with Crippen LogP contribution < -0.4 is 5.73 Å². The standard InChI is InChI=1S/C9H17NO3/c1-12-5-2-6-13-8(11)9(7-10)3-4-9/h2-7,10H2,1H3. The molecule has 13 heavy (non-hydrogen) atoms. The Morgan fingerprint density at radius 2 is 2.15 bits per heavy atom. The fraction of sp³-hybridized carbons (Fsp3) is 0.889. The Balaban J connectivity index is 2.11. The maximum Gasteiger partial charge on any atom is 0.313 e. The van der Waals surface area contributed by atoms with Crippen molar-refractivity contribution < 1.29 is 14.3 Å². The van der Waals surface area contributed by atoms with Gasteiger partial charge in [-0.05, 0) is 12.8 Å². The number of carbonyl (C=O) groups excluding carboxylic acids is 1. The summed E-state index contributed by atoms with van der Waals surface area (Å²) >= 11 is 0. The van der Waals surface area contributed by atoms with Gasteiger partial charge in [0.05, 0.1) is 12.0 Å². The van der Waals surface area contributed by atoms with Crippen LogP contribution in [0.2, 0.25) is 0 Å². The molecule has 76 valence electrons. The lowest BCUT2D eigenvalue weighted by molar-refractivity contribution is -0.150. The van der Waals surface area contributed by atoms with E-state index in [1.54, 1.807) is 7.11 Å². The van der Waals surface area contributed by atoms with Crippen LogP contribution in [0.3, 0.4) is 0 Å². The van der Waals surface area contributed by atoms with Crippen molar-refractivity contribution in [3.8, 4) is 0 Å². The largest absolute Gasteiger partial charge is 0.465 e. The van der Waals surface area contributed by atoms with E-state index in [1.165, 1.54) is 0 Å². The average molecular weight is 187 g/mol. The summed E-state index contributed by atoms with van der Waals surface area (Å²) < 4.78 is 9.90. The van der Waals surface area contributed by atoms with Crippen LogP contribution in [-0.2, 0) is 14.3 Å². The van der Waals surface area contributed by atoms with Crippen molar-refractivity contribution in [1.82, 2.24) is 0 Å². The monoisotopic (exact) mass is 187 g/mol. The Bertz CT molecular complexity index is 178. The van der Waals surface area contributed by atoms with Gasteiger partial charge in [0, 0.05) is 26.7 Å². The predicted molar refractivity (Wildman–Crippen MR) is 48.2 cm³/mol. The van der Waals surface area contributed by atoms with Crippen molar-refractivity contribution in [1.29, 1.82) is 0 Å². The van der Waals surface area contributed by atoms with Gasteiger partial charge in [0.25, 0.3) is 0 Å². The van der Waals surface area contributed by atoms with E-state index in [9.17, 15) is 4.79 Å². The molecule has 1 saturated carbocycles. The molecule has 2 N–H and O–H groups in total. The molecule has 0 amide bonds. The highest BCUT2D eigenvalue weighted by Crippen LogP contribution is 2.45. The molecule has 0 aromatic heterocycles. The first-order chi connectivity index (χ1) is 6.25. The van der Waals surface area contributed by atoms with E-state index in [2.05, 4.69) is 0 Å². The van der Waals surface area contributed by atoms with Crippen LogP contribution in [0.5, 0.6) is 0 Å². The molecule has 4 nitrogen and oxygen atoms in total. The number of ether oxygens (including phenoxy) is 2. The molecule has 0 unspecified atom stereocenters. The van der Waals surface area contributed by atoms with Crippen molar-refractivity contribution in [3.63, 3.8) is 0 Å². The SMILES string of the molecule is COCCCOC(=O)C1(CN)CC1. The summed E-state index contributed by atoms with van der Waals surface area (Å²) in [7, 11) is 1.63. The molecule has 0 saturated heterocycles. The van der Waals surface area contributed by atoms with Crippen LogP contribution in [0, 0.1) is 5.41 Å². The topological polar surface area (TPSA) is 61.5 Å². The first kappa shape index (κ1) is 10.5. The van der Waals surface area contributed by atoms with E-state index in [0.29, 0.717) is 19.8 Å². The molecule has 0 radical (unpaired) electrons. The molecule has 1 aliphatic rings. The Morgan fingerprint density at radius 1 is 1.46 bits per heavy atom. The molecule has 1 fully saturated rings. The zero-order valence-electron chi connectivity index (χ0n) is 8.04. The molecule has 0 aromatic carbocycles. The molecular weight excluding hydrogens is 170 g/mol. The minimum atomic E-state index is -0.326. The predicted octanol–water partition coefficient (Wildman–Crippen LogP) is 0.305. The molecule has 0 atom stereocenters. The number of nitrogens with two attached hydrogens (primary N) is 1. The summed E-state index contributed by atoms with van der Waals surface area (Å²) in [6.07, 6.45) is 2.52. The van der Waals surface area contributed by atoms with Gasteiger partial charge in [0.1, 0.15) is 0 Å². The van der Waals surface area contributed by atoms with Gasteiger partial charge in [-0.15, -0.1) is 0 Å². The van der Waals surface area contributed by atoms with E-state index in [-0.39, 0.29) is 11.4 Å². The molecular formula is C9H17NO3. The number of hydrogen-bond donors (Lipinski definition) is 1. The van der Waals surface area contributed by atoms with Crippen LogP contribution in [0.4, 0.5) is 0 Å². The second-order valence-electron chi connectivity index (χ2n) is 3.47. The second-order valence-corrected chi connectivity index (χ2v) is 3.47. The van der Waals surface area contributed by atoms with Gasteiger partial charge in [0.15, 0.2) is 0 Å². The lowest BCUT2D eigenvalue weighted by Gasteiger charge is -2.11. The third-order valence-electron chi connectivity index (χ3n) is 2.40. The van der Waals surface area contributed by atoms with E-state index in [1.807, 2.05) is 0 Å². The number of methoxy groups -OCH3 is 1. The third-order valence-corrected chi connectivity index (χ3v) is 2.40. The summed E-state index contributed by atoms with van der Waals surface area (Å²) in [5, 5.41) is 0. The third kappa shape index (κ3) is 2.67. The molecule has 1 aliphatic carbocycles. The number of carbonyl (C=O) groups is 1. The van der Waals surface area contributed by atoms with Gasteiger partial charge in [-0.2, -0.15) is 0 Å². The van der Waals surface area contributed by atoms with Gasteiger partial charge in [-0.25, -0.2) is 0 Å². The quantitative estimate of drug-likeness (QED) is 0.480.